The number of carbonyl (C=O) groups is 2. The molecule has 12 nitrogen and oxygen atoms in total. The van der Waals surface area contributed by atoms with E-state index in [1.54, 1.807) is 35.2 Å². The third-order valence-electron chi connectivity index (χ3n) is 7.89. The molecule has 3 fully saturated rings. The van der Waals surface area contributed by atoms with E-state index in [1.807, 2.05) is 4.90 Å². The van der Waals surface area contributed by atoms with Crippen LogP contribution in [-0.4, -0.2) is 92.6 Å². The van der Waals surface area contributed by atoms with Crippen LogP contribution in [0.4, 0.5) is 19.5 Å². The molecule has 0 radical (unpaired) electrons. The third-order valence-corrected chi connectivity index (χ3v) is 7.89. The summed E-state index contributed by atoms with van der Waals surface area (Å²) < 4.78 is 41.4. The second kappa shape index (κ2) is 11.4. The first kappa shape index (κ1) is 27.1. The molecule has 0 unspecified atom stereocenters. The minimum atomic E-state index is -2.82. The van der Waals surface area contributed by atoms with Crippen LogP contribution in [-0.2, 0) is 9.53 Å². The van der Waals surface area contributed by atoms with E-state index in [-0.39, 0.29) is 29.8 Å². The van der Waals surface area contributed by atoms with Crippen molar-refractivity contribution in [1.29, 1.82) is 0 Å². The number of benzene rings is 1. The van der Waals surface area contributed by atoms with Crippen molar-refractivity contribution in [3.05, 3.63) is 36.2 Å². The molecule has 41 heavy (non-hydrogen) atoms. The van der Waals surface area contributed by atoms with Gasteiger partial charge in [0.2, 0.25) is 17.7 Å². The number of carboxylic acid groups (broad SMARTS) is 1. The van der Waals surface area contributed by atoms with Gasteiger partial charge in [0.25, 0.3) is 6.43 Å². The first-order chi connectivity index (χ1) is 19.9. The first-order valence-electron chi connectivity index (χ1n) is 13.8. The van der Waals surface area contributed by atoms with Gasteiger partial charge in [-0.25, -0.2) is 18.6 Å². The molecule has 1 aliphatic carbocycles. The normalized spacial score (nSPS) is 23.4. The lowest BCUT2D eigenvalue weighted by Crippen LogP contribution is -2.46. The lowest BCUT2D eigenvalue weighted by Gasteiger charge is -2.34. The van der Waals surface area contributed by atoms with E-state index in [0.717, 1.165) is 0 Å². The van der Waals surface area contributed by atoms with Crippen molar-refractivity contribution in [2.45, 2.75) is 56.7 Å². The molecular formula is C27H31F2N7O5. The first-order valence-corrected chi connectivity index (χ1v) is 13.8. The average molecular weight is 572 g/mol. The van der Waals surface area contributed by atoms with Crippen LogP contribution in [0.15, 0.2) is 30.3 Å². The number of carbonyl (C=O) groups excluding carboxylic acids is 1. The molecule has 0 spiro atoms. The Labute approximate surface area is 234 Å². The van der Waals surface area contributed by atoms with Gasteiger partial charge < -0.3 is 29.7 Å². The van der Waals surface area contributed by atoms with E-state index >= 15 is 0 Å². The van der Waals surface area contributed by atoms with Crippen LogP contribution in [0.25, 0.3) is 16.9 Å². The topological polar surface area (TPSA) is 135 Å². The smallest absolute Gasteiger partial charge is 0.405 e. The van der Waals surface area contributed by atoms with Gasteiger partial charge in [0.15, 0.2) is 5.82 Å². The van der Waals surface area contributed by atoms with Gasteiger partial charge in [-0.3, -0.25) is 9.36 Å². The number of hydrogen-bond donors (Lipinski definition) is 2. The molecule has 6 rings (SSSR count). The highest BCUT2D eigenvalue weighted by Crippen LogP contribution is 2.32. The summed E-state index contributed by atoms with van der Waals surface area (Å²) in [4.78, 5) is 40.9. The lowest BCUT2D eigenvalue weighted by atomic mass is 9.92. The molecule has 2 aromatic heterocycles. The van der Waals surface area contributed by atoms with Crippen LogP contribution in [0.5, 0.6) is 5.88 Å². The van der Waals surface area contributed by atoms with E-state index in [1.165, 1.54) is 4.57 Å². The van der Waals surface area contributed by atoms with Gasteiger partial charge in [-0.2, -0.15) is 9.97 Å². The number of aromatic nitrogens is 4. The predicted molar refractivity (Wildman–Crippen MR) is 143 cm³/mol. The van der Waals surface area contributed by atoms with Crippen molar-refractivity contribution in [2.24, 2.45) is 0 Å². The number of hydrogen-bond acceptors (Lipinski definition) is 8. The number of morpholine rings is 1. The second-order valence-electron chi connectivity index (χ2n) is 10.4. The predicted octanol–water partition coefficient (Wildman–Crippen LogP) is 3.15. The molecule has 3 aromatic rings. The standard InChI is InChI=1S/C27H31F2N7O5/c28-23(29)24-30-18-3-1-2-4-20(18)36(24)21-15-22(33-26(32-21)34-11-13-40-14-12-34)41-17-7-5-16(6-8-17)35-10-9-19(25(35)37)31-27(38)39/h1-4,15-17,19,23,31H,5-14H2,(H,38,39)/t16?,17?,19-/m1/s1. The molecule has 1 aromatic carbocycles. The van der Waals surface area contributed by atoms with E-state index in [2.05, 4.69) is 20.3 Å². The van der Waals surface area contributed by atoms with Crippen molar-refractivity contribution < 1.29 is 33.0 Å². The van der Waals surface area contributed by atoms with Gasteiger partial charge in [0.1, 0.15) is 18.0 Å². The molecule has 1 saturated carbocycles. The molecule has 14 heteroatoms. The highest BCUT2D eigenvalue weighted by Gasteiger charge is 2.38. The number of rotatable bonds is 7. The Morgan fingerprint density at radius 2 is 1.80 bits per heavy atom. The van der Waals surface area contributed by atoms with Crippen LogP contribution in [0.3, 0.4) is 0 Å². The Kier molecular flexibility index (Phi) is 7.56. The molecule has 2 N–H and O–H groups in total. The summed E-state index contributed by atoms with van der Waals surface area (Å²) in [6.45, 7) is 2.64. The SMILES string of the molecule is O=C(O)N[C@@H]1CCN(C2CCC(Oc3cc(-n4c(C(F)F)nc5ccccc54)nc(N4CCOCC4)n3)CC2)C1=O. The van der Waals surface area contributed by atoms with E-state index < -0.39 is 24.4 Å². The van der Waals surface area contributed by atoms with E-state index in [0.29, 0.717) is 81.9 Å². The summed E-state index contributed by atoms with van der Waals surface area (Å²) in [6.07, 6.45) is -1.03. The van der Waals surface area contributed by atoms with Gasteiger partial charge in [0.05, 0.1) is 24.2 Å². The summed E-state index contributed by atoms with van der Waals surface area (Å²) in [7, 11) is 0. The molecule has 0 bridgehead atoms. The fourth-order valence-electron chi connectivity index (χ4n) is 5.91. The van der Waals surface area contributed by atoms with Crippen molar-refractivity contribution in [1.82, 2.24) is 29.7 Å². The molecule has 2 saturated heterocycles. The number of para-hydroxylation sites is 2. The number of fused-ring (bicyclic) bond motifs is 1. The van der Waals surface area contributed by atoms with Crippen molar-refractivity contribution in [3.8, 4) is 11.7 Å². The van der Waals surface area contributed by atoms with Crippen LogP contribution in [0.2, 0.25) is 0 Å². The van der Waals surface area contributed by atoms with E-state index in [9.17, 15) is 18.4 Å². The summed E-state index contributed by atoms with van der Waals surface area (Å²) in [5.41, 5.74) is 0.944. The number of amides is 2. The van der Waals surface area contributed by atoms with Gasteiger partial charge in [-0.05, 0) is 44.2 Å². The third kappa shape index (κ3) is 5.60. The van der Waals surface area contributed by atoms with Gasteiger partial charge in [-0.1, -0.05) is 12.1 Å². The van der Waals surface area contributed by atoms with Crippen LogP contribution < -0.4 is 15.0 Å². The minimum Gasteiger partial charge on any atom is -0.474 e. The molecule has 3 aliphatic rings. The Hall–Kier alpha value is -4.07. The zero-order chi connectivity index (χ0) is 28.5. The summed E-state index contributed by atoms with van der Waals surface area (Å²) in [5, 5.41) is 11.3. The number of anilines is 1. The number of imidazole rings is 1. The Morgan fingerprint density at radius 3 is 2.54 bits per heavy atom. The Morgan fingerprint density at radius 1 is 1.05 bits per heavy atom. The minimum absolute atomic E-state index is 0.0127. The molecular weight excluding hydrogens is 540 g/mol. The number of nitrogens with zero attached hydrogens (tertiary/aromatic N) is 6. The van der Waals surface area contributed by atoms with Crippen molar-refractivity contribution in [2.75, 3.05) is 37.7 Å². The van der Waals surface area contributed by atoms with E-state index in [4.69, 9.17) is 14.6 Å². The number of likely N-dealkylation sites (tertiary alicyclic amines) is 1. The highest BCUT2D eigenvalue weighted by molar-refractivity contribution is 5.87. The number of alkyl halides is 2. The quantitative estimate of drug-likeness (QED) is 0.439. The van der Waals surface area contributed by atoms with Crippen molar-refractivity contribution >= 4 is 29.0 Å². The van der Waals surface area contributed by atoms with Crippen LogP contribution in [0, 0.1) is 0 Å². The fraction of sp³-hybridized carbons (Fsp3) is 0.519. The Bertz CT molecular complexity index is 1420. The average Bonchev–Trinajstić information content (AvgIpc) is 3.54. The molecule has 2 aliphatic heterocycles. The van der Waals surface area contributed by atoms with Gasteiger partial charge in [0, 0.05) is 31.7 Å². The summed E-state index contributed by atoms with van der Waals surface area (Å²) in [5.74, 6) is 0.298. The van der Waals surface area contributed by atoms with Crippen molar-refractivity contribution in [3.63, 3.8) is 0 Å². The summed E-state index contributed by atoms with van der Waals surface area (Å²) in [6, 6.07) is 7.81. The second-order valence-corrected chi connectivity index (χ2v) is 10.4. The van der Waals surface area contributed by atoms with Crippen LogP contribution >= 0.6 is 0 Å². The maximum absolute atomic E-state index is 14.1. The molecule has 4 heterocycles. The fourth-order valence-corrected chi connectivity index (χ4v) is 5.91. The maximum atomic E-state index is 14.1. The van der Waals surface area contributed by atoms with Gasteiger partial charge in [-0.15, -0.1) is 0 Å². The maximum Gasteiger partial charge on any atom is 0.405 e. The zero-order valence-electron chi connectivity index (χ0n) is 22.3. The van der Waals surface area contributed by atoms with Gasteiger partial charge >= 0.3 is 6.09 Å². The Balaban J connectivity index is 1.24. The molecule has 1 atom stereocenters. The number of halogens is 2. The van der Waals surface area contributed by atoms with Crippen LogP contribution in [0.1, 0.15) is 44.4 Å². The lowest BCUT2D eigenvalue weighted by molar-refractivity contribution is -0.132. The number of nitrogens with one attached hydrogen (secondary N) is 1. The zero-order valence-corrected chi connectivity index (χ0v) is 22.3. The summed E-state index contributed by atoms with van der Waals surface area (Å²) >= 11 is 0. The molecule has 218 valence electrons. The monoisotopic (exact) mass is 571 g/mol. The largest absolute Gasteiger partial charge is 0.474 e. The molecule has 2 amide bonds. The highest BCUT2D eigenvalue weighted by atomic mass is 19.3. The number of ether oxygens (including phenoxy) is 2.